The number of hydrogen-bond donors (Lipinski definition) is 33. The van der Waals surface area contributed by atoms with Crippen LogP contribution in [0.15, 0.2) is 0 Å². The number of nitrogens with one attached hydrogen (secondary N) is 8. The summed E-state index contributed by atoms with van der Waals surface area (Å²) in [7, 11) is 0. The molecule has 16 bridgehead atoms. The van der Waals surface area contributed by atoms with Gasteiger partial charge in [-0.25, -0.2) is 0 Å². The summed E-state index contributed by atoms with van der Waals surface area (Å²) in [5.41, 5.74) is 0. The first-order valence-electron chi connectivity index (χ1n) is 31.5. The smallest absolute Gasteiger partial charge is 0.189 e. The van der Waals surface area contributed by atoms with E-state index in [0.717, 1.165) is 0 Å². The van der Waals surface area contributed by atoms with E-state index in [9.17, 15) is 128 Å². The average molecular weight is 1550 g/mol. The first-order valence-corrected chi connectivity index (χ1v) is 33.2. The van der Waals surface area contributed by atoms with Crippen molar-refractivity contribution in [3.05, 3.63) is 0 Å². The molecular formula is C52H88N8O37S4. The molecule has 0 radical (unpaired) electrons. The quantitative estimate of drug-likeness (QED) is 0.100. The highest BCUT2D eigenvalue weighted by molar-refractivity contribution is 7.80. The fraction of sp³-hybridized carbons (Fsp3) is 0.923. The Bertz CT molecular complexity index is 2730. The van der Waals surface area contributed by atoms with E-state index in [0.29, 0.717) is 0 Å². The van der Waals surface area contributed by atoms with Gasteiger partial charge in [-0.2, -0.15) is 0 Å². The van der Waals surface area contributed by atoms with Crippen molar-refractivity contribution in [2.24, 2.45) is 0 Å². The van der Waals surface area contributed by atoms with Crippen molar-refractivity contribution < 1.29 is 185 Å². The summed E-state index contributed by atoms with van der Waals surface area (Å²) in [4.78, 5) is 0. The Balaban J connectivity index is 0.889. The van der Waals surface area contributed by atoms with Gasteiger partial charge in [0.2, 0.25) is 0 Å². The van der Waals surface area contributed by atoms with E-state index < -0.39 is 308 Å². The van der Waals surface area contributed by atoms with Crippen LogP contribution >= 0.6 is 48.9 Å². The SMILES string of the molecule is OC1NC(=S)NC[C@H]2O[C@H](O[C@H]3O[C@H](CNC(=S)N[C@H]4O[C@H](CO[C@H]5O[C@H](CNC(=S)NC[C@H]6O[C@H](O[C@H]7O[C@H](CNC(=S)NC[C@H]8O[C@H](O[C@H]9O[C@H]1[C@@H](O)[C@H](O)[C@H]9O)[C@H](O)[C@@H](O)[C@@H]8O)[C@@H](O)[C@H](O)[C@H]7O)[C@H](O)[C@@H](O)[C@@H]6O)[C@@H](O)[C@H](O)[C@H]5O)[C@@H](O)[C@H](O)[C@H]4O)[C@@H](O)[C@H](O)[C@H]3O)[C@H](O)[C@@H](O)[C@@H]2O. The lowest BCUT2D eigenvalue weighted by atomic mass is 9.97. The van der Waals surface area contributed by atoms with Gasteiger partial charge in [-0.15, -0.1) is 0 Å². The highest BCUT2D eigenvalue weighted by atomic mass is 32.1. The van der Waals surface area contributed by atoms with E-state index in [1.807, 2.05) is 0 Å². The van der Waals surface area contributed by atoms with Gasteiger partial charge in [-0.1, -0.05) is 0 Å². The molecule has 49 heteroatoms. The molecule has 1 unspecified atom stereocenters. The van der Waals surface area contributed by atoms with E-state index >= 15 is 0 Å². The molecule has 0 aromatic carbocycles. The van der Waals surface area contributed by atoms with Crippen molar-refractivity contribution in [2.45, 2.75) is 252 Å². The molecule has 0 saturated carbocycles. The minimum absolute atomic E-state index is 0.259. The molecule has 0 amide bonds. The summed E-state index contributed by atoms with van der Waals surface area (Å²) < 4.78 is 68.2. The fourth-order valence-electron chi connectivity index (χ4n) is 12.0. The van der Waals surface area contributed by atoms with Crippen molar-refractivity contribution in [3.8, 4) is 0 Å². The van der Waals surface area contributed by atoms with Crippen LogP contribution in [0.25, 0.3) is 0 Å². The van der Waals surface area contributed by atoms with Gasteiger partial charge in [0.15, 0.2) is 76.9 Å². The number of aliphatic hydroxyl groups excluding tert-OH is 25. The van der Waals surface area contributed by atoms with Crippen LogP contribution in [-0.4, -0.2) is 446 Å². The van der Waals surface area contributed by atoms with Crippen molar-refractivity contribution in [1.29, 1.82) is 0 Å². The molecule has 101 heavy (non-hydrogen) atoms. The molecule has 9 rings (SSSR count). The minimum atomic E-state index is -2.20. The molecule has 9 aliphatic heterocycles. The van der Waals surface area contributed by atoms with Gasteiger partial charge >= 0.3 is 0 Å². The standard InChI is InChI=1S/C52H88N8O37S4/c61-15-8-1-53-49(98)54-2-9-16(62)24(70)33(79)43(89-9)95-44-34(80)25(71)17(63)10(90-44)3-55-50(99)56-4-11-18(64)26(72)37(83)47(91-11)97-48-38(84)29(75)30(76)39(94-48)40(85)59-51(100)57-5-12-19(65)27(73)35(81)45(92-12)96-46-36(82)28(74)20(66)13(93-46)6-58-52(101)60-41-31(77)22(68)21(67)14(87-41)7-86-42(88-8)32(78)23(15)69/h8-48,61-85H,1-7H2,(H2,53,54,98)(H2,55,56,99)(H2,57,59,100)(H2,58,60,101)/t8-,9-,10-,11-,12-,13-,14-,15-,16-,17-,18-,19-,20-,21-,22+,23+,24+,25+,26+,27+,28+,29+,30+,31-,32-,33-,34-,35-,36-,37-,38-,39+,40?,41+,42+,43-,44-,45-,46-,47-,48-/m1/s1. The topological polar surface area (TPSA) is 713 Å². The second kappa shape index (κ2) is 35.5. The molecule has 9 aliphatic rings. The molecule has 0 aliphatic carbocycles. The molecule has 41 atom stereocenters. The predicted octanol–water partition coefficient (Wildman–Crippen LogP) is -20.3. The molecule has 582 valence electrons. The third-order valence-corrected chi connectivity index (χ3v) is 19.3. The predicted molar refractivity (Wildman–Crippen MR) is 333 cm³/mol. The number of ether oxygens (including phenoxy) is 12. The number of fused-ring (bicyclic) bond motifs is 16. The molecule has 33 N–H and O–H groups in total. The zero-order chi connectivity index (χ0) is 74.1. The van der Waals surface area contributed by atoms with Gasteiger partial charge < -0.3 is 227 Å². The monoisotopic (exact) mass is 1540 g/mol. The van der Waals surface area contributed by atoms with E-state index in [-0.39, 0.29) is 10.2 Å². The van der Waals surface area contributed by atoms with Crippen molar-refractivity contribution in [3.63, 3.8) is 0 Å². The van der Waals surface area contributed by atoms with Crippen molar-refractivity contribution >= 4 is 69.3 Å². The fourth-order valence-corrected chi connectivity index (χ4v) is 12.7. The maximum atomic E-state index is 11.2. The molecule has 45 nitrogen and oxygen atoms in total. The van der Waals surface area contributed by atoms with Crippen LogP contribution in [0.5, 0.6) is 0 Å². The summed E-state index contributed by atoms with van der Waals surface area (Å²) >= 11 is 21.3. The molecule has 0 aromatic heterocycles. The molecular weight excluding hydrogens is 1460 g/mol. The maximum Gasteiger partial charge on any atom is 0.189 e. The zero-order valence-corrected chi connectivity index (χ0v) is 55.6. The molecule has 0 aromatic rings. The lowest BCUT2D eigenvalue weighted by Crippen LogP contribution is -2.67. The summed E-state index contributed by atoms with van der Waals surface area (Å²) in [6.07, 6.45) is -79.0. The van der Waals surface area contributed by atoms with Gasteiger partial charge in [0.25, 0.3) is 0 Å². The van der Waals surface area contributed by atoms with Crippen LogP contribution in [0, 0.1) is 0 Å². The van der Waals surface area contributed by atoms with Gasteiger partial charge in [0.1, 0.15) is 195 Å². The van der Waals surface area contributed by atoms with Crippen molar-refractivity contribution in [1.82, 2.24) is 42.5 Å². The Morgan fingerprint density at radius 1 is 0.218 bits per heavy atom. The Hall–Kier alpha value is -2.72. The number of thiocarbonyl (C=S) groups is 4. The first kappa shape index (κ1) is 82.3. The van der Waals surface area contributed by atoms with Crippen LogP contribution in [0.3, 0.4) is 0 Å². The molecule has 9 saturated heterocycles. The number of aliphatic hydroxyl groups is 25. The molecule has 9 heterocycles. The van der Waals surface area contributed by atoms with Crippen LogP contribution in [-0.2, 0) is 56.8 Å². The van der Waals surface area contributed by atoms with Gasteiger partial charge in [-0.05, 0) is 48.9 Å². The van der Waals surface area contributed by atoms with Gasteiger partial charge in [-0.3, -0.25) is 0 Å². The van der Waals surface area contributed by atoms with E-state index in [1.54, 1.807) is 0 Å². The normalized spacial score (nSPS) is 51.9. The lowest BCUT2D eigenvalue weighted by Gasteiger charge is -2.46. The minimum Gasteiger partial charge on any atom is -0.388 e. The Kier molecular flexibility index (Phi) is 29.0. The largest absolute Gasteiger partial charge is 0.388 e. The van der Waals surface area contributed by atoms with Crippen molar-refractivity contribution in [2.75, 3.05) is 45.9 Å². The summed E-state index contributed by atoms with van der Waals surface area (Å²) in [6, 6.07) is 0. The lowest BCUT2D eigenvalue weighted by molar-refractivity contribution is -0.378. The second-order valence-electron chi connectivity index (χ2n) is 25.2. The maximum absolute atomic E-state index is 11.2. The first-order chi connectivity index (χ1) is 47.6. The Morgan fingerprint density at radius 2 is 0.455 bits per heavy atom. The zero-order valence-electron chi connectivity index (χ0n) is 52.3. The van der Waals surface area contributed by atoms with Crippen LogP contribution in [0.1, 0.15) is 0 Å². The molecule has 9 fully saturated rings. The van der Waals surface area contributed by atoms with Gasteiger partial charge in [0, 0.05) is 39.3 Å². The number of hydrogen-bond acceptors (Lipinski definition) is 41. The van der Waals surface area contributed by atoms with Crippen LogP contribution < -0.4 is 42.5 Å². The van der Waals surface area contributed by atoms with E-state index in [2.05, 4.69) is 42.5 Å². The number of rotatable bonds is 0. The Morgan fingerprint density at radius 3 is 0.772 bits per heavy atom. The third kappa shape index (κ3) is 18.9. The van der Waals surface area contributed by atoms with Gasteiger partial charge in [0.05, 0.1) is 6.61 Å². The summed E-state index contributed by atoms with van der Waals surface area (Å²) in [5.74, 6) is 0. The highest BCUT2D eigenvalue weighted by Crippen LogP contribution is 2.34. The summed E-state index contributed by atoms with van der Waals surface area (Å²) in [5, 5.41) is 292. The second-order valence-corrected chi connectivity index (χ2v) is 26.8. The highest BCUT2D eigenvalue weighted by Gasteiger charge is 2.56. The van der Waals surface area contributed by atoms with E-state index in [4.69, 9.17) is 106 Å². The third-order valence-electron chi connectivity index (χ3n) is 18.2. The van der Waals surface area contributed by atoms with Crippen LogP contribution in [0.4, 0.5) is 0 Å². The van der Waals surface area contributed by atoms with E-state index in [1.165, 1.54) is 0 Å². The molecule has 0 spiro atoms. The average Bonchev–Trinajstić information content (AvgIpc) is 0.799. The Labute approximate surface area is 591 Å². The summed E-state index contributed by atoms with van der Waals surface area (Å²) in [6.45, 7) is -3.94. The van der Waals surface area contributed by atoms with Crippen LogP contribution in [0.2, 0.25) is 0 Å².